The van der Waals surface area contributed by atoms with Gasteiger partial charge in [0, 0.05) is 13.0 Å². The first-order chi connectivity index (χ1) is 16.9. The maximum atomic E-state index is 13.2. The Balaban J connectivity index is 1.42. The van der Waals surface area contributed by atoms with Crippen LogP contribution in [0.15, 0.2) is 48.5 Å². The lowest BCUT2D eigenvalue weighted by atomic mass is 9.98. The number of fused-ring (bicyclic) bond motifs is 3. The first-order valence-electron chi connectivity index (χ1n) is 11.6. The lowest BCUT2D eigenvalue weighted by Crippen LogP contribution is -2.53. The molecule has 4 rings (SSSR count). The van der Waals surface area contributed by atoms with E-state index in [-0.39, 0.29) is 31.6 Å². The number of carboxylic acids is 1. The molecule has 1 saturated heterocycles. The topological polar surface area (TPSA) is 105 Å². The zero-order valence-corrected chi connectivity index (χ0v) is 20.6. The molecule has 2 unspecified atom stereocenters. The van der Waals surface area contributed by atoms with Gasteiger partial charge in [-0.1, -0.05) is 48.5 Å². The molecule has 1 aliphatic carbocycles. The summed E-state index contributed by atoms with van der Waals surface area (Å²) in [5.41, 5.74) is 4.49. The summed E-state index contributed by atoms with van der Waals surface area (Å²) in [4.78, 5) is 38.9. The summed E-state index contributed by atoms with van der Waals surface area (Å²) in [5.74, 6) is -1.58. The van der Waals surface area contributed by atoms with Crippen LogP contribution < -0.4 is 5.32 Å². The van der Waals surface area contributed by atoms with E-state index >= 15 is 0 Å². The number of hydrogen-bond donors (Lipinski definition) is 2. The van der Waals surface area contributed by atoms with Gasteiger partial charge < -0.3 is 24.8 Å². The van der Waals surface area contributed by atoms with Gasteiger partial charge in [-0.05, 0) is 40.7 Å². The summed E-state index contributed by atoms with van der Waals surface area (Å²) >= 11 is 1.56. The number of rotatable bonds is 9. The van der Waals surface area contributed by atoms with Gasteiger partial charge in [0.05, 0.1) is 19.3 Å². The molecule has 9 heteroatoms. The summed E-state index contributed by atoms with van der Waals surface area (Å²) in [6, 6.07) is 14.8. The van der Waals surface area contributed by atoms with E-state index in [1.165, 1.54) is 4.90 Å². The van der Waals surface area contributed by atoms with Crippen molar-refractivity contribution in [2.24, 2.45) is 5.92 Å². The van der Waals surface area contributed by atoms with Gasteiger partial charge in [-0.25, -0.2) is 4.79 Å². The number of amides is 2. The maximum absolute atomic E-state index is 13.2. The summed E-state index contributed by atoms with van der Waals surface area (Å²) in [6.07, 6.45) is 1.65. The van der Waals surface area contributed by atoms with Crippen LogP contribution in [0.3, 0.4) is 0 Å². The second-order valence-electron chi connectivity index (χ2n) is 8.80. The minimum atomic E-state index is -1.00. The molecule has 3 atom stereocenters. The van der Waals surface area contributed by atoms with Gasteiger partial charge in [-0.3, -0.25) is 9.59 Å². The fourth-order valence-electron chi connectivity index (χ4n) is 4.85. The van der Waals surface area contributed by atoms with E-state index in [0.29, 0.717) is 12.2 Å². The van der Waals surface area contributed by atoms with Gasteiger partial charge >= 0.3 is 12.1 Å². The highest BCUT2D eigenvalue weighted by Gasteiger charge is 2.40. The largest absolute Gasteiger partial charge is 0.481 e. The molecule has 0 spiro atoms. The number of alkyl carbamates (subject to hydrolysis) is 1. The fraction of sp³-hybridized carbons (Fsp3) is 0.423. The van der Waals surface area contributed by atoms with Crippen molar-refractivity contribution in [1.29, 1.82) is 0 Å². The van der Waals surface area contributed by atoms with Gasteiger partial charge in [0.2, 0.25) is 5.91 Å². The predicted molar refractivity (Wildman–Crippen MR) is 133 cm³/mol. The third-order valence-corrected chi connectivity index (χ3v) is 7.40. The van der Waals surface area contributed by atoms with Crippen LogP contribution in [0.25, 0.3) is 11.1 Å². The van der Waals surface area contributed by atoms with Crippen molar-refractivity contribution >= 4 is 29.7 Å². The summed E-state index contributed by atoms with van der Waals surface area (Å²) in [7, 11) is 1.56. The average molecular weight is 499 g/mol. The van der Waals surface area contributed by atoms with Gasteiger partial charge in [0.15, 0.2) is 0 Å². The summed E-state index contributed by atoms with van der Waals surface area (Å²) in [6.45, 7) is 0.364. The number of hydrogen-bond acceptors (Lipinski definition) is 6. The van der Waals surface area contributed by atoms with Gasteiger partial charge in [-0.2, -0.15) is 11.8 Å². The van der Waals surface area contributed by atoms with E-state index in [1.54, 1.807) is 18.8 Å². The molecule has 2 N–H and O–H groups in total. The SMILES string of the molecule is CSCC[C@@H](NC(=O)OCC1c2ccccc2-c2ccccc21)C(=O)N(C)C1COCC1C(=O)O. The number of nitrogens with one attached hydrogen (secondary N) is 1. The Hall–Kier alpha value is -3.04. The Morgan fingerprint density at radius 2 is 1.74 bits per heavy atom. The molecular formula is C26H30N2O6S. The molecule has 0 aromatic heterocycles. The highest BCUT2D eigenvalue weighted by Crippen LogP contribution is 2.44. The molecule has 2 aliphatic rings. The second-order valence-corrected chi connectivity index (χ2v) is 9.79. The molecule has 1 fully saturated rings. The molecule has 186 valence electrons. The maximum Gasteiger partial charge on any atom is 0.407 e. The molecule has 8 nitrogen and oxygen atoms in total. The van der Waals surface area contributed by atoms with Crippen molar-refractivity contribution in [1.82, 2.24) is 10.2 Å². The highest BCUT2D eigenvalue weighted by molar-refractivity contribution is 7.98. The smallest absolute Gasteiger partial charge is 0.407 e. The van der Waals surface area contributed by atoms with Crippen LogP contribution in [0.1, 0.15) is 23.5 Å². The first-order valence-corrected chi connectivity index (χ1v) is 13.0. The zero-order chi connectivity index (χ0) is 24.9. The minimum absolute atomic E-state index is 0.0624. The summed E-state index contributed by atoms with van der Waals surface area (Å²) < 4.78 is 10.9. The van der Waals surface area contributed by atoms with Gasteiger partial charge in [0.25, 0.3) is 0 Å². The molecular weight excluding hydrogens is 468 g/mol. The normalized spacial score (nSPS) is 19.5. The van der Waals surface area contributed by atoms with Crippen LogP contribution in [-0.2, 0) is 19.1 Å². The van der Waals surface area contributed by atoms with Crippen molar-refractivity contribution < 1.29 is 29.0 Å². The zero-order valence-electron chi connectivity index (χ0n) is 19.8. The number of carbonyl (C=O) groups is 3. The Labute approximate surface area is 209 Å². The summed E-state index contributed by atoms with van der Waals surface area (Å²) in [5, 5.41) is 12.2. The quantitative estimate of drug-likeness (QED) is 0.547. The van der Waals surface area contributed by atoms with Crippen LogP contribution in [0.4, 0.5) is 4.79 Å². The predicted octanol–water partition coefficient (Wildman–Crippen LogP) is 3.20. The van der Waals surface area contributed by atoms with Gasteiger partial charge in [0.1, 0.15) is 18.6 Å². The van der Waals surface area contributed by atoms with Crippen molar-refractivity contribution in [2.75, 3.05) is 38.9 Å². The minimum Gasteiger partial charge on any atom is -0.481 e. The number of aliphatic carboxylic acids is 1. The number of carboxylic acid groups (broad SMARTS) is 1. The standard InChI is InChI=1S/C26H30N2O6S/c1-28(23-15-33-13-21(23)25(30)31)24(29)22(11-12-35-2)27-26(32)34-14-20-18-9-5-3-7-16(18)17-8-4-6-10-19(17)20/h3-10,20-23H,11-15H2,1-2H3,(H,27,32)(H,30,31)/t21?,22-,23?/m1/s1. The molecule has 35 heavy (non-hydrogen) atoms. The Bertz CT molecular complexity index is 1050. The van der Waals surface area contributed by atoms with Crippen LogP contribution in [0.2, 0.25) is 0 Å². The highest BCUT2D eigenvalue weighted by atomic mass is 32.2. The number of ether oxygens (including phenoxy) is 2. The van der Waals surface area contributed by atoms with Crippen LogP contribution in [0, 0.1) is 5.92 Å². The van der Waals surface area contributed by atoms with E-state index in [4.69, 9.17) is 9.47 Å². The first kappa shape index (κ1) is 25.1. The number of nitrogens with zero attached hydrogens (tertiary/aromatic N) is 1. The van der Waals surface area contributed by atoms with Crippen molar-refractivity contribution in [2.45, 2.75) is 24.4 Å². The molecule has 1 heterocycles. The average Bonchev–Trinajstić information content (AvgIpc) is 3.48. The Kier molecular flexibility index (Phi) is 7.97. The lowest BCUT2D eigenvalue weighted by Gasteiger charge is -2.30. The number of carbonyl (C=O) groups excluding carboxylic acids is 2. The van der Waals surface area contributed by atoms with Crippen LogP contribution in [-0.4, -0.2) is 78.9 Å². The van der Waals surface area contributed by atoms with Crippen LogP contribution in [0.5, 0.6) is 0 Å². The Morgan fingerprint density at radius 3 is 2.34 bits per heavy atom. The molecule has 2 aromatic carbocycles. The van der Waals surface area contributed by atoms with E-state index in [0.717, 1.165) is 22.3 Å². The number of likely N-dealkylation sites (N-methyl/N-ethyl adjacent to an activating group) is 1. The molecule has 2 aromatic rings. The molecule has 0 radical (unpaired) electrons. The molecule has 0 saturated carbocycles. The van der Waals surface area contributed by atoms with E-state index in [1.807, 2.05) is 42.7 Å². The second kappa shape index (κ2) is 11.1. The van der Waals surface area contributed by atoms with Crippen LogP contribution >= 0.6 is 11.8 Å². The number of thioether (sulfide) groups is 1. The fourth-order valence-corrected chi connectivity index (χ4v) is 5.32. The monoisotopic (exact) mass is 498 g/mol. The third-order valence-electron chi connectivity index (χ3n) is 6.76. The van der Waals surface area contributed by atoms with E-state index < -0.39 is 30.1 Å². The third kappa shape index (κ3) is 5.31. The number of benzene rings is 2. The lowest BCUT2D eigenvalue weighted by molar-refractivity contribution is -0.145. The van der Waals surface area contributed by atoms with Crippen molar-refractivity contribution in [3.05, 3.63) is 59.7 Å². The molecule has 0 bridgehead atoms. The Morgan fingerprint density at radius 1 is 1.11 bits per heavy atom. The van der Waals surface area contributed by atoms with E-state index in [2.05, 4.69) is 17.4 Å². The van der Waals surface area contributed by atoms with Gasteiger partial charge in [-0.15, -0.1) is 0 Å². The molecule has 1 aliphatic heterocycles. The van der Waals surface area contributed by atoms with Crippen molar-refractivity contribution in [3.8, 4) is 11.1 Å². The van der Waals surface area contributed by atoms with Crippen molar-refractivity contribution in [3.63, 3.8) is 0 Å². The molecule has 2 amide bonds. The van der Waals surface area contributed by atoms with E-state index in [9.17, 15) is 19.5 Å².